The molecule has 0 aliphatic carbocycles. The molecule has 0 fully saturated rings. The topological polar surface area (TPSA) is 134 Å². The Morgan fingerprint density at radius 1 is 1.32 bits per heavy atom. The number of nitro benzene ring substituents is 1. The fraction of sp³-hybridized carbons (Fsp3) is 0.200. The monoisotopic (exact) mass is 410 g/mol. The summed E-state index contributed by atoms with van der Waals surface area (Å²) in [7, 11) is 2.64. The lowest BCUT2D eigenvalue weighted by Crippen LogP contribution is -2.37. The fourth-order valence-corrected chi connectivity index (χ4v) is 2.84. The number of rotatable bonds is 4. The number of fused-ring (bicyclic) bond motifs is 1. The Balaban J connectivity index is 2.00. The molecule has 146 valence electrons. The number of aryl methyl sites for hydroxylation is 1. The van der Waals surface area contributed by atoms with Gasteiger partial charge in [-0.1, -0.05) is 0 Å². The number of aromatic nitrogens is 4. The zero-order valence-electron chi connectivity index (χ0n) is 14.5. The fourth-order valence-electron chi connectivity index (χ4n) is 2.62. The zero-order chi connectivity index (χ0) is 20.7. The van der Waals surface area contributed by atoms with Gasteiger partial charge >= 0.3 is 5.69 Å². The number of anilines is 1. The van der Waals surface area contributed by atoms with Crippen molar-refractivity contribution in [2.45, 2.75) is 6.54 Å². The van der Waals surface area contributed by atoms with Crippen molar-refractivity contribution in [1.29, 1.82) is 0 Å². The molecule has 0 spiro atoms. The number of nitro groups is 1. The van der Waals surface area contributed by atoms with Crippen molar-refractivity contribution in [2.75, 3.05) is 5.32 Å². The maximum Gasteiger partial charge on any atom is 0.332 e. The highest BCUT2D eigenvalue weighted by molar-refractivity contribution is 6.29. The number of amides is 1. The van der Waals surface area contributed by atoms with Crippen LogP contribution in [0.1, 0.15) is 0 Å². The van der Waals surface area contributed by atoms with Crippen LogP contribution in [-0.4, -0.2) is 29.5 Å². The lowest BCUT2D eigenvalue weighted by Gasteiger charge is -2.09. The van der Waals surface area contributed by atoms with Crippen LogP contribution in [0.15, 0.2) is 27.8 Å². The normalized spacial score (nSPS) is 11.0. The minimum Gasteiger partial charge on any atom is -0.322 e. The van der Waals surface area contributed by atoms with Crippen molar-refractivity contribution in [2.24, 2.45) is 14.1 Å². The average Bonchev–Trinajstić information content (AvgIpc) is 2.96. The second-order valence-corrected chi connectivity index (χ2v) is 6.15. The van der Waals surface area contributed by atoms with Gasteiger partial charge in [-0.15, -0.1) is 0 Å². The van der Waals surface area contributed by atoms with E-state index < -0.39 is 45.8 Å². The van der Waals surface area contributed by atoms with Crippen molar-refractivity contribution in [3.8, 4) is 0 Å². The van der Waals surface area contributed by atoms with E-state index in [2.05, 4.69) is 10.3 Å². The van der Waals surface area contributed by atoms with Gasteiger partial charge in [-0.25, -0.2) is 9.18 Å². The number of hydrogen-bond acceptors (Lipinski definition) is 6. The number of nitrogens with one attached hydrogen (secondary N) is 1. The lowest BCUT2D eigenvalue weighted by molar-refractivity contribution is -0.384. The van der Waals surface area contributed by atoms with Crippen LogP contribution in [-0.2, 0) is 25.4 Å². The smallest absolute Gasteiger partial charge is 0.322 e. The predicted molar refractivity (Wildman–Crippen MR) is 96.9 cm³/mol. The molecule has 0 bridgehead atoms. The van der Waals surface area contributed by atoms with E-state index in [1.165, 1.54) is 14.1 Å². The third kappa shape index (κ3) is 3.13. The predicted octanol–water partition coefficient (Wildman–Crippen LogP) is 0.773. The van der Waals surface area contributed by atoms with Crippen LogP contribution in [0.5, 0.6) is 0 Å². The summed E-state index contributed by atoms with van der Waals surface area (Å²) in [5.74, 6) is -1.68. The molecule has 3 rings (SSSR count). The number of non-ortho nitro benzene ring substituents is 1. The Bertz CT molecular complexity index is 1260. The lowest BCUT2D eigenvalue weighted by atomic mass is 10.2. The van der Waals surface area contributed by atoms with Gasteiger partial charge < -0.3 is 5.32 Å². The highest BCUT2D eigenvalue weighted by Gasteiger charge is 2.20. The molecule has 2 aromatic heterocycles. The minimum atomic E-state index is -0.876. The Morgan fingerprint density at radius 3 is 2.64 bits per heavy atom. The second kappa shape index (κ2) is 6.88. The summed E-state index contributed by atoms with van der Waals surface area (Å²) < 4.78 is 16.8. The summed E-state index contributed by atoms with van der Waals surface area (Å²) in [6, 6.07) is 2.66. The maximum absolute atomic E-state index is 13.8. The van der Waals surface area contributed by atoms with Crippen LogP contribution in [0, 0.1) is 15.9 Å². The maximum atomic E-state index is 13.8. The molecule has 0 radical (unpaired) electrons. The Hall–Kier alpha value is -3.54. The third-order valence-corrected chi connectivity index (χ3v) is 4.33. The van der Waals surface area contributed by atoms with Gasteiger partial charge in [-0.05, 0) is 17.7 Å². The van der Waals surface area contributed by atoms with Gasteiger partial charge in [0.2, 0.25) is 11.2 Å². The minimum absolute atomic E-state index is 0.0209. The SMILES string of the molecule is Cn1c(=O)c2c(nc(Cl)n2CC(=O)Nc2cc([N+](=O)[O-])ccc2F)n(C)c1=O. The Labute approximate surface area is 159 Å². The first-order valence-corrected chi connectivity index (χ1v) is 8.05. The summed E-state index contributed by atoms with van der Waals surface area (Å²) in [4.78, 5) is 50.7. The van der Waals surface area contributed by atoms with Crippen LogP contribution in [0.25, 0.3) is 11.2 Å². The van der Waals surface area contributed by atoms with E-state index in [0.29, 0.717) is 0 Å². The van der Waals surface area contributed by atoms with E-state index in [-0.39, 0.29) is 16.4 Å². The molecule has 0 aliphatic rings. The van der Waals surface area contributed by atoms with E-state index in [1.807, 2.05) is 0 Å². The van der Waals surface area contributed by atoms with Crippen LogP contribution in [0.2, 0.25) is 5.28 Å². The number of carbonyl (C=O) groups is 1. The van der Waals surface area contributed by atoms with Crippen molar-refractivity contribution < 1.29 is 14.1 Å². The van der Waals surface area contributed by atoms with Crippen molar-refractivity contribution in [1.82, 2.24) is 18.7 Å². The van der Waals surface area contributed by atoms with E-state index in [0.717, 1.165) is 31.9 Å². The first-order valence-electron chi connectivity index (χ1n) is 7.67. The van der Waals surface area contributed by atoms with Gasteiger partial charge in [0.1, 0.15) is 12.4 Å². The Kier molecular flexibility index (Phi) is 4.73. The number of halogens is 2. The molecule has 0 aliphatic heterocycles. The van der Waals surface area contributed by atoms with Gasteiger partial charge in [0.15, 0.2) is 11.2 Å². The quantitative estimate of drug-likeness (QED) is 0.383. The van der Waals surface area contributed by atoms with Crippen molar-refractivity contribution >= 4 is 40.0 Å². The molecule has 1 N–H and O–H groups in total. The molecule has 0 saturated heterocycles. The first kappa shape index (κ1) is 19.2. The van der Waals surface area contributed by atoms with Crippen molar-refractivity contribution in [3.05, 3.63) is 60.3 Å². The molecule has 0 unspecified atom stereocenters. The zero-order valence-corrected chi connectivity index (χ0v) is 15.2. The average molecular weight is 411 g/mol. The summed E-state index contributed by atoms with van der Waals surface area (Å²) in [5, 5.41) is 12.8. The second-order valence-electron chi connectivity index (χ2n) is 5.81. The highest BCUT2D eigenvalue weighted by atomic mass is 35.5. The van der Waals surface area contributed by atoms with Crippen LogP contribution in [0.4, 0.5) is 15.8 Å². The van der Waals surface area contributed by atoms with E-state index in [9.17, 15) is 28.9 Å². The molecule has 3 aromatic rings. The summed E-state index contributed by atoms with van der Waals surface area (Å²) in [6.07, 6.45) is 0. The number of nitrogens with zero attached hydrogens (tertiary/aromatic N) is 5. The molecule has 13 heteroatoms. The summed E-state index contributed by atoms with van der Waals surface area (Å²) in [6.45, 7) is -0.537. The third-order valence-electron chi connectivity index (χ3n) is 4.04. The number of imidazole rings is 1. The van der Waals surface area contributed by atoms with Gasteiger partial charge in [-0.3, -0.25) is 33.4 Å². The number of hydrogen-bond donors (Lipinski definition) is 1. The molecular weight excluding hydrogens is 399 g/mol. The standard InChI is InChI=1S/C15H12ClFN6O5/c1-20-12-11(13(25)21(2)15(20)26)22(14(16)19-12)6-10(24)18-9-5-7(23(27)28)3-4-8(9)17/h3-5H,6H2,1-2H3,(H,18,24). The summed E-state index contributed by atoms with van der Waals surface area (Å²) >= 11 is 6.01. The largest absolute Gasteiger partial charge is 0.332 e. The molecule has 0 atom stereocenters. The van der Waals surface area contributed by atoms with Gasteiger partial charge in [0.05, 0.1) is 10.6 Å². The van der Waals surface area contributed by atoms with Gasteiger partial charge in [-0.2, -0.15) is 4.98 Å². The molecule has 1 aromatic carbocycles. The Morgan fingerprint density at radius 2 is 2.00 bits per heavy atom. The molecule has 2 heterocycles. The van der Waals surface area contributed by atoms with E-state index >= 15 is 0 Å². The molecule has 28 heavy (non-hydrogen) atoms. The molecule has 1 amide bonds. The molecule has 11 nitrogen and oxygen atoms in total. The number of benzene rings is 1. The molecule has 0 saturated carbocycles. The van der Waals surface area contributed by atoms with Crippen LogP contribution < -0.4 is 16.6 Å². The van der Waals surface area contributed by atoms with Gasteiger partial charge in [0.25, 0.3) is 11.2 Å². The van der Waals surface area contributed by atoms with Crippen LogP contribution in [0.3, 0.4) is 0 Å². The number of carbonyl (C=O) groups excluding carboxylic acids is 1. The van der Waals surface area contributed by atoms with Crippen molar-refractivity contribution in [3.63, 3.8) is 0 Å². The summed E-state index contributed by atoms with van der Waals surface area (Å²) in [5.41, 5.74) is -2.27. The highest BCUT2D eigenvalue weighted by Crippen LogP contribution is 2.22. The van der Waals surface area contributed by atoms with E-state index in [4.69, 9.17) is 11.6 Å². The van der Waals surface area contributed by atoms with Gasteiger partial charge in [0, 0.05) is 26.2 Å². The van der Waals surface area contributed by atoms with E-state index in [1.54, 1.807) is 0 Å². The van der Waals surface area contributed by atoms with Crippen LogP contribution >= 0.6 is 11.6 Å². The first-order chi connectivity index (χ1) is 13.1. The molecular formula is C15H12ClFN6O5.